The number of fused-ring (bicyclic) bond motifs is 14. The third-order valence-electron chi connectivity index (χ3n) is 17.7. The highest BCUT2D eigenvalue weighted by Gasteiger charge is 2.41. The number of halogens is 2. The minimum atomic E-state index is -2.17. The highest BCUT2D eigenvalue weighted by molar-refractivity contribution is 6.32. The number of amides is 8. The molecule has 0 saturated carbocycles. The minimum absolute atomic E-state index is 0.0334. The van der Waals surface area contributed by atoms with Crippen molar-refractivity contribution in [1.82, 2.24) is 42.5 Å². The molecule has 29 heteroatoms. The van der Waals surface area contributed by atoms with Crippen LogP contribution in [0.2, 0.25) is 10.0 Å². The van der Waals surface area contributed by atoms with E-state index >= 15 is 24.0 Å². The van der Waals surface area contributed by atoms with Gasteiger partial charge in [-0.05, 0) is 137 Å². The van der Waals surface area contributed by atoms with Crippen LogP contribution in [-0.4, -0.2) is 108 Å². The van der Waals surface area contributed by atoms with Crippen LogP contribution in [0.15, 0.2) is 115 Å². The fourth-order valence-corrected chi connectivity index (χ4v) is 12.8. The molecule has 6 aliphatic rings. The molecule has 0 fully saturated rings. The fourth-order valence-electron chi connectivity index (χ4n) is 12.4. The van der Waals surface area contributed by atoms with Gasteiger partial charge in [0, 0.05) is 49.2 Å². The van der Waals surface area contributed by atoms with E-state index in [-0.39, 0.29) is 103 Å². The molecule has 0 unspecified atom stereocenters. The van der Waals surface area contributed by atoms with Crippen LogP contribution in [0.3, 0.4) is 0 Å². The molecule has 0 aliphatic carbocycles. The van der Waals surface area contributed by atoms with E-state index < -0.39 is 136 Å². The first-order valence-electron chi connectivity index (χ1n) is 32.8. The van der Waals surface area contributed by atoms with Gasteiger partial charge in [-0.1, -0.05) is 92.9 Å². The van der Waals surface area contributed by atoms with Crippen LogP contribution < -0.4 is 62.5 Å². The molecule has 528 valence electrons. The Bertz CT molecular complexity index is 4420. The number of carbonyl (C=O) groups excluding carboxylic acids is 8. The average molecular weight is 1420 g/mol. The van der Waals surface area contributed by atoms with Gasteiger partial charge in [0.25, 0.3) is 0 Å². The van der Waals surface area contributed by atoms with Crippen LogP contribution in [0.4, 0.5) is 0 Å². The van der Waals surface area contributed by atoms with Gasteiger partial charge in [-0.2, -0.15) is 0 Å². The number of phenols is 6. The van der Waals surface area contributed by atoms with E-state index in [1.807, 2.05) is 0 Å². The van der Waals surface area contributed by atoms with E-state index in [1.165, 1.54) is 67.1 Å². The molecule has 17 N–H and O–H groups in total. The number of hydrogen-bond donors (Lipinski definition) is 16. The molecular formula is C72H73Cl2N9O18. The third-order valence-corrected chi connectivity index (χ3v) is 18.3. The standard InChI is InChI=1S/C72H73Cl2N9O18/c1-2-3-4-5-6-7-8-11-56(89)76-20-9-10-21-77-68(94)62-44-32-41(85)33-50(88)57(44)43-26-36(14-16-48(43)86)59-69(95)83-63(72(98)82-62)64(90)37-15-19-52(46(74)27-37)101-55-30-39-29-54(65(55)91)100-51-18-12-34(22-45(51)73)23-47-66(92)79-60(70(96)81-61(39)71(97)80-59)38-24-40(84)31-42(25-38)99-53-28-35(13-17-49(53)87)58(75)67(93)78-47/h12-19,22,24-33,47,58-64,84-88,90-91H,2-11,20-21,23,75H2,1H3,(H,76,89)(H,77,94)(H,78,93)(H,79,92)(H,80,97)(H,81,96)(H,82,98)(H,83,95)/t47-,58-,59-,60+,61-,62+,63+,64-/m1/s1. The lowest BCUT2D eigenvalue weighted by Gasteiger charge is -2.31. The maximum Gasteiger partial charge on any atom is 0.248 e. The second-order valence-corrected chi connectivity index (χ2v) is 25.8. The van der Waals surface area contributed by atoms with Gasteiger partial charge in [0.2, 0.25) is 53.0 Å². The number of aliphatic hydroxyl groups is 1. The quantitative estimate of drug-likeness (QED) is 0.0458. The Hall–Kier alpha value is -11.0. The highest BCUT2D eigenvalue weighted by atomic mass is 35.5. The predicted octanol–water partition coefficient (Wildman–Crippen LogP) is 8.05. The summed E-state index contributed by atoms with van der Waals surface area (Å²) in [5.74, 6) is -13.8. The molecule has 6 aliphatic heterocycles. The number of unbranched alkanes of at least 4 members (excludes halogenated alkanes) is 7. The van der Waals surface area contributed by atoms with E-state index in [0.29, 0.717) is 24.8 Å². The molecule has 101 heavy (non-hydrogen) atoms. The minimum Gasteiger partial charge on any atom is -0.508 e. The lowest BCUT2D eigenvalue weighted by atomic mass is 9.89. The molecule has 6 heterocycles. The zero-order chi connectivity index (χ0) is 71.9. The van der Waals surface area contributed by atoms with E-state index in [4.69, 9.17) is 43.1 Å². The molecule has 8 atom stereocenters. The van der Waals surface area contributed by atoms with Crippen molar-refractivity contribution >= 4 is 70.5 Å². The Morgan fingerprint density at radius 3 is 1.78 bits per heavy atom. The molecule has 7 aromatic carbocycles. The molecule has 0 spiro atoms. The van der Waals surface area contributed by atoms with Gasteiger partial charge in [0.1, 0.15) is 88.6 Å². The summed E-state index contributed by atoms with van der Waals surface area (Å²) in [5.41, 5.74) is 4.92. The number of nitrogens with one attached hydrogen (secondary N) is 8. The molecule has 27 nitrogen and oxygen atoms in total. The first-order valence-corrected chi connectivity index (χ1v) is 33.5. The van der Waals surface area contributed by atoms with Gasteiger partial charge in [0.05, 0.1) is 10.0 Å². The molecule has 0 aromatic heterocycles. The number of carbonyl (C=O) groups is 8. The monoisotopic (exact) mass is 1420 g/mol. The Kier molecular flexibility index (Phi) is 21.9. The molecule has 0 radical (unpaired) electrons. The van der Waals surface area contributed by atoms with Crippen molar-refractivity contribution in [2.45, 2.75) is 126 Å². The topological polar surface area (TPSA) is 428 Å². The van der Waals surface area contributed by atoms with Crippen molar-refractivity contribution < 1.29 is 88.3 Å². The number of aromatic hydroxyl groups is 6. The normalized spacial score (nSPS) is 20.3. The average Bonchev–Trinajstić information content (AvgIpc) is 0.770. The van der Waals surface area contributed by atoms with Crippen LogP contribution in [0.5, 0.6) is 69.0 Å². The molecule has 7 aromatic rings. The number of ether oxygens (including phenoxy) is 3. The second kappa shape index (κ2) is 31.0. The first-order chi connectivity index (χ1) is 48.4. The van der Waals surface area contributed by atoms with E-state index in [9.17, 15) is 50.1 Å². The zero-order valence-corrected chi connectivity index (χ0v) is 55.7. The first kappa shape index (κ1) is 71.3. The van der Waals surface area contributed by atoms with Crippen LogP contribution in [0.25, 0.3) is 11.1 Å². The summed E-state index contributed by atoms with van der Waals surface area (Å²) >= 11 is 13.9. The number of nitrogens with two attached hydrogens (primary N) is 1. The molecule has 13 rings (SSSR count). The van der Waals surface area contributed by atoms with Gasteiger partial charge in [-0.15, -0.1) is 0 Å². The molecule has 0 saturated heterocycles. The van der Waals surface area contributed by atoms with Crippen molar-refractivity contribution in [3.05, 3.63) is 164 Å². The van der Waals surface area contributed by atoms with Gasteiger partial charge >= 0.3 is 0 Å². The molecule has 17 bridgehead atoms. The Morgan fingerprint density at radius 2 is 1.09 bits per heavy atom. The summed E-state index contributed by atoms with van der Waals surface area (Å²) in [7, 11) is 0. The summed E-state index contributed by atoms with van der Waals surface area (Å²) < 4.78 is 18.6. The van der Waals surface area contributed by atoms with Gasteiger partial charge in [0.15, 0.2) is 23.0 Å². The molecular weight excluding hydrogens is 1350 g/mol. The van der Waals surface area contributed by atoms with Crippen LogP contribution in [-0.2, 0) is 44.8 Å². The Balaban J connectivity index is 1.02. The van der Waals surface area contributed by atoms with Crippen LogP contribution in [0.1, 0.15) is 146 Å². The third kappa shape index (κ3) is 16.3. The van der Waals surface area contributed by atoms with E-state index in [1.54, 1.807) is 0 Å². The second-order valence-electron chi connectivity index (χ2n) is 25.0. The SMILES string of the molecule is CCCCCCCCCC(=O)NCCCCNC(=O)[C@H]1NC(=O)[C@H]2NC(=O)[C@H](NC(=O)[C@@H]3NC(=O)[C@H]4NC(=O)[C@@H](Cc5ccc(c(Cl)c5)Oc5cc3cc(c5O)Oc3ccc(cc3Cl)[C@H]2O)NC(=O)[C@H](N)c2ccc(O)c(c2)Oc2cc(O)cc4c2)c2ccc(O)c(c2)-c2c(O)cc(O)cc21. The van der Waals surface area contributed by atoms with E-state index in [2.05, 4.69) is 49.5 Å². The number of hydrogen-bond acceptors (Lipinski definition) is 19. The van der Waals surface area contributed by atoms with Crippen LogP contribution >= 0.6 is 23.2 Å². The summed E-state index contributed by atoms with van der Waals surface area (Å²) in [6.45, 7) is 2.40. The van der Waals surface area contributed by atoms with Gasteiger partial charge < -0.3 is 98.2 Å². The van der Waals surface area contributed by atoms with Crippen molar-refractivity contribution in [3.8, 4) is 80.1 Å². The maximum atomic E-state index is 15.9. The lowest BCUT2D eigenvalue weighted by molar-refractivity contribution is -0.137. The Morgan fingerprint density at radius 1 is 0.505 bits per heavy atom. The maximum absolute atomic E-state index is 15.9. The number of aliphatic hydroxyl groups excluding tert-OH is 1. The number of phenolic OH excluding ortho intramolecular Hbond substituents is 6. The van der Waals surface area contributed by atoms with E-state index in [0.717, 1.165) is 93.1 Å². The number of benzene rings is 7. The zero-order valence-electron chi connectivity index (χ0n) is 54.2. The highest BCUT2D eigenvalue weighted by Crippen LogP contribution is 2.48. The fraction of sp³-hybridized carbons (Fsp3) is 0.306. The number of rotatable bonds is 14. The van der Waals surface area contributed by atoms with Crippen LogP contribution in [0, 0.1) is 0 Å². The summed E-state index contributed by atoms with van der Waals surface area (Å²) in [6.07, 6.45) is 5.97. The van der Waals surface area contributed by atoms with Crippen molar-refractivity contribution in [2.24, 2.45) is 5.73 Å². The summed E-state index contributed by atoms with van der Waals surface area (Å²) in [6, 6.07) is 9.15. The van der Waals surface area contributed by atoms with Crippen molar-refractivity contribution in [1.29, 1.82) is 0 Å². The predicted molar refractivity (Wildman–Crippen MR) is 365 cm³/mol. The van der Waals surface area contributed by atoms with Crippen molar-refractivity contribution in [2.75, 3.05) is 13.1 Å². The smallest absolute Gasteiger partial charge is 0.248 e. The van der Waals surface area contributed by atoms with Crippen molar-refractivity contribution in [3.63, 3.8) is 0 Å². The molecule has 8 amide bonds. The summed E-state index contributed by atoms with van der Waals surface area (Å²) in [5, 5.41) is 103. The summed E-state index contributed by atoms with van der Waals surface area (Å²) in [4.78, 5) is 119. The van der Waals surface area contributed by atoms with Gasteiger partial charge in [-0.25, -0.2) is 0 Å². The van der Waals surface area contributed by atoms with Gasteiger partial charge in [-0.3, -0.25) is 38.4 Å². The largest absolute Gasteiger partial charge is 0.508 e. The Labute approximate surface area is 587 Å². The lowest BCUT2D eigenvalue weighted by Crippen LogP contribution is -2.56.